The molecule has 0 radical (unpaired) electrons. The van der Waals surface area contributed by atoms with Gasteiger partial charge in [0.25, 0.3) is 5.91 Å². The highest BCUT2D eigenvalue weighted by molar-refractivity contribution is 6.04. The van der Waals surface area contributed by atoms with E-state index in [1.807, 2.05) is 55.8 Å². The molecule has 8 heteroatoms. The normalized spacial score (nSPS) is 14.3. The van der Waals surface area contributed by atoms with Crippen LogP contribution in [0.2, 0.25) is 0 Å². The summed E-state index contributed by atoms with van der Waals surface area (Å²) in [4.78, 5) is 30.1. The van der Waals surface area contributed by atoms with Crippen molar-refractivity contribution >= 4 is 28.7 Å². The maximum atomic E-state index is 13.0. The molecule has 1 amide bonds. The lowest BCUT2D eigenvalue weighted by atomic mass is 9.80. The Balaban J connectivity index is 0.000000417. The highest BCUT2D eigenvalue weighted by Crippen LogP contribution is 2.31. The number of amides is 1. The molecule has 5 rings (SSSR count). The van der Waals surface area contributed by atoms with Gasteiger partial charge in [0, 0.05) is 36.9 Å². The van der Waals surface area contributed by atoms with Crippen LogP contribution in [0.25, 0.3) is 11.0 Å². The van der Waals surface area contributed by atoms with Crippen LogP contribution in [-0.4, -0.2) is 26.4 Å². The molecule has 0 bridgehead atoms. The van der Waals surface area contributed by atoms with Crippen LogP contribution in [0.1, 0.15) is 79.1 Å². The van der Waals surface area contributed by atoms with E-state index < -0.39 is 0 Å². The van der Waals surface area contributed by atoms with Crippen LogP contribution >= 0.6 is 0 Å². The molecule has 0 spiro atoms. The number of carbonyl (C=O) groups excluding carboxylic acids is 2. The van der Waals surface area contributed by atoms with Crippen molar-refractivity contribution in [3.05, 3.63) is 77.2 Å². The van der Waals surface area contributed by atoms with E-state index in [2.05, 4.69) is 15.5 Å². The first-order valence-electron chi connectivity index (χ1n) is 13.1. The molecule has 4 aromatic rings. The van der Waals surface area contributed by atoms with Gasteiger partial charge in [-0.15, -0.1) is 0 Å². The molecule has 1 fully saturated rings. The number of nitriles is 1. The second-order valence-electron chi connectivity index (χ2n) is 9.68. The average Bonchev–Trinajstić information content (AvgIpc) is 3.61. The van der Waals surface area contributed by atoms with Gasteiger partial charge >= 0.3 is 0 Å². The fourth-order valence-corrected chi connectivity index (χ4v) is 4.80. The lowest BCUT2D eigenvalue weighted by Crippen LogP contribution is -2.22. The minimum absolute atomic E-state index is 0.161. The van der Waals surface area contributed by atoms with Crippen LogP contribution in [-0.2, 0) is 18.3 Å². The maximum Gasteiger partial charge on any atom is 0.257 e. The predicted octanol–water partition coefficient (Wildman–Crippen LogP) is 6.19. The van der Waals surface area contributed by atoms with Gasteiger partial charge in [-0.1, -0.05) is 44.3 Å². The van der Waals surface area contributed by atoms with Crippen molar-refractivity contribution in [2.24, 2.45) is 13.0 Å². The third-order valence-corrected chi connectivity index (χ3v) is 7.18. The molecule has 1 atom stereocenters. The first kappa shape index (κ1) is 26.8. The zero-order valence-corrected chi connectivity index (χ0v) is 22.1. The lowest BCUT2D eigenvalue weighted by molar-refractivity contribution is -0.124. The Morgan fingerprint density at radius 3 is 2.47 bits per heavy atom. The van der Waals surface area contributed by atoms with E-state index in [-0.39, 0.29) is 17.7 Å². The van der Waals surface area contributed by atoms with Gasteiger partial charge in [0.2, 0.25) is 5.95 Å². The van der Waals surface area contributed by atoms with Crippen molar-refractivity contribution in [3.8, 4) is 6.07 Å². The van der Waals surface area contributed by atoms with Crippen LogP contribution in [0.5, 0.6) is 0 Å². The smallest absolute Gasteiger partial charge is 0.257 e. The van der Waals surface area contributed by atoms with Gasteiger partial charge in [-0.2, -0.15) is 5.26 Å². The van der Waals surface area contributed by atoms with Crippen molar-refractivity contribution in [3.63, 3.8) is 0 Å². The van der Waals surface area contributed by atoms with Crippen LogP contribution in [0, 0.1) is 17.2 Å². The van der Waals surface area contributed by atoms with Gasteiger partial charge in [-0.3, -0.25) is 14.9 Å². The number of aromatic nitrogens is 3. The molecular weight excluding hydrogens is 478 g/mol. The molecule has 1 N–H and O–H groups in total. The molecule has 0 aliphatic heterocycles. The predicted molar refractivity (Wildman–Crippen MR) is 146 cm³/mol. The highest BCUT2D eigenvalue weighted by atomic mass is 16.5. The average molecular weight is 512 g/mol. The number of fused-ring (bicyclic) bond motifs is 1. The molecule has 2 aromatic heterocycles. The number of ketones is 1. The molecule has 38 heavy (non-hydrogen) atoms. The molecule has 2 aromatic carbocycles. The highest BCUT2D eigenvalue weighted by Gasteiger charge is 2.26. The summed E-state index contributed by atoms with van der Waals surface area (Å²) in [6.07, 6.45) is 8.10. The number of benzene rings is 2. The van der Waals surface area contributed by atoms with Crippen LogP contribution in [0.4, 0.5) is 5.95 Å². The third kappa shape index (κ3) is 6.17. The second-order valence-corrected chi connectivity index (χ2v) is 9.68. The number of carbonyl (C=O) groups is 2. The summed E-state index contributed by atoms with van der Waals surface area (Å²) in [5, 5.41) is 15.3. The fourth-order valence-electron chi connectivity index (χ4n) is 4.80. The zero-order chi connectivity index (χ0) is 27.1. The van der Waals surface area contributed by atoms with Crippen LogP contribution in [0.3, 0.4) is 0 Å². The minimum atomic E-state index is -0.288. The Bertz CT molecular complexity index is 1430. The van der Waals surface area contributed by atoms with E-state index in [1.54, 1.807) is 30.5 Å². The monoisotopic (exact) mass is 511 g/mol. The van der Waals surface area contributed by atoms with E-state index in [0.717, 1.165) is 54.5 Å². The summed E-state index contributed by atoms with van der Waals surface area (Å²) in [6.45, 7) is 4.01. The molecule has 0 saturated heterocycles. The van der Waals surface area contributed by atoms with Crippen molar-refractivity contribution < 1.29 is 14.1 Å². The maximum absolute atomic E-state index is 13.0. The number of anilines is 1. The number of rotatable bonds is 6. The van der Waals surface area contributed by atoms with Gasteiger partial charge in [-0.05, 0) is 54.8 Å². The summed E-state index contributed by atoms with van der Waals surface area (Å²) in [5.74, 6) is 1.43. The van der Waals surface area contributed by atoms with E-state index in [0.29, 0.717) is 22.9 Å². The summed E-state index contributed by atoms with van der Waals surface area (Å²) in [7, 11) is 1.85. The Morgan fingerprint density at radius 2 is 1.87 bits per heavy atom. The van der Waals surface area contributed by atoms with E-state index in [1.165, 1.54) is 6.42 Å². The van der Waals surface area contributed by atoms with E-state index >= 15 is 0 Å². The Morgan fingerprint density at radius 1 is 1.13 bits per heavy atom. The zero-order valence-electron chi connectivity index (χ0n) is 22.1. The first-order valence-corrected chi connectivity index (χ1v) is 13.1. The van der Waals surface area contributed by atoms with Crippen LogP contribution in [0.15, 0.2) is 59.3 Å². The number of aryl methyl sites for hydroxylation is 2. The molecule has 2 heterocycles. The number of nitrogens with zero attached hydrogens (tertiary/aromatic N) is 4. The van der Waals surface area contributed by atoms with Gasteiger partial charge in [0.05, 0.1) is 28.9 Å². The van der Waals surface area contributed by atoms with E-state index in [4.69, 9.17) is 9.78 Å². The standard InChI is InChI=1S/C25H26N4O2.C5H7NO/c1-16(23(30)18-6-4-3-5-7-18)20-12-13-22-21(14-20)27-25(29(22)2)28-24(31)19-10-8-17(15-26)9-11-19;1-2-5-3-4-6-7-5/h8-14,16,18H,3-7H2,1-2H3,(H,27,28,31);3-4H,2H2,1H3. The number of hydrogen-bond acceptors (Lipinski definition) is 6. The molecule has 1 unspecified atom stereocenters. The Kier molecular flexibility index (Phi) is 8.70. The van der Waals surface area contributed by atoms with Crippen molar-refractivity contribution in [2.45, 2.75) is 58.3 Å². The fraction of sp³-hybridized carbons (Fsp3) is 0.367. The molecule has 8 nitrogen and oxygen atoms in total. The van der Waals surface area contributed by atoms with E-state index in [9.17, 15) is 9.59 Å². The van der Waals surface area contributed by atoms with Crippen molar-refractivity contribution in [2.75, 3.05) is 5.32 Å². The van der Waals surface area contributed by atoms with Crippen LogP contribution < -0.4 is 5.32 Å². The molecular formula is C30H33N5O3. The molecule has 1 aliphatic rings. The van der Waals surface area contributed by atoms with Gasteiger partial charge in [-0.25, -0.2) is 4.98 Å². The number of imidazole rings is 1. The molecule has 196 valence electrons. The third-order valence-electron chi connectivity index (χ3n) is 7.18. The van der Waals surface area contributed by atoms with Gasteiger partial charge < -0.3 is 9.09 Å². The minimum Gasteiger partial charge on any atom is -0.361 e. The van der Waals surface area contributed by atoms with Gasteiger partial charge in [0.1, 0.15) is 11.5 Å². The Hall–Kier alpha value is -4.25. The second kappa shape index (κ2) is 12.3. The SMILES string of the molecule is CC(C(=O)C1CCCCC1)c1ccc2c(c1)nc(NC(=O)c1ccc(C#N)cc1)n2C.CCc1ccno1. The molecule has 1 saturated carbocycles. The number of nitrogens with one attached hydrogen (secondary N) is 1. The largest absolute Gasteiger partial charge is 0.361 e. The van der Waals surface area contributed by atoms with Crippen molar-refractivity contribution in [1.29, 1.82) is 5.26 Å². The van der Waals surface area contributed by atoms with Gasteiger partial charge in [0.15, 0.2) is 0 Å². The number of Topliss-reactive ketones (excluding diaryl/α,β-unsaturated/α-hetero) is 1. The quantitative estimate of drug-likeness (QED) is 0.330. The summed E-state index contributed by atoms with van der Waals surface area (Å²) >= 11 is 0. The summed E-state index contributed by atoms with van der Waals surface area (Å²) in [5.41, 5.74) is 3.56. The topological polar surface area (TPSA) is 114 Å². The Labute approximate surface area is 222 Å². The lowest BCUT2D eigenvalue weighted by Gasteiger charge is -2.23. The summed E-state index contributed by atoms with van der Waals surface area (Å²) in [6, 6.07) is 16.3. The summed E-state index contributed by atoms with van der Waals surface area (Å²) < 4.78 is 6.56. The number of hydrogen-bond donors (Lipinski definition) is 1. The first-order chi connectivity index (χ1) is 18.4. The van der Waals surface area contributed by atoms with Crippen molar-refractivity contribution in [1.82, 2.24) is 14.7 Å². The molecule has 1 aliphatic carbocycles.